The monoisotopic (exact) mass is 257 g/mol. The quantitative estimate of drug-likeness (QED) is 0.762. The molecule has 5 nitrogen and oxygen atoms in total. The van der Waals surface area contributed by atoms with Crippen molar-refractivity contribution in [3.63, 3.8) is 0 Å². The Labute approximate surface area is 106 Å². The summed E-state index contributed by atoms with van der Waals surface area (Å²) in [6.45, 7) is 2.86. The summed E-state index contributed by atoms with van der Waals surface area (Å²) in [5.41, 5.74) is 0. The average Bonchev–Trinajstić information content (AvgIpc) is 2.76. The molecule has 96 valence electrons. The van der Waals surface area contributed by atoms with Crippen LogP contribution in [0.5, 0.6) is 0 Å². The van der Waals surface area contributed by atoms with Gasteiger partial charge >= 0.3 is 0 Å². The topological polar surface area (TPSA) is 61.4 Å². The Bertz CT molecular complexity index is 305. The van der Waals surface area contributed by atoms with Gasteiger partial charge in [0.05, 0.1) is 0 Å². The molecule has 2 saturated heterocycles. The van der Waals surface area contributed by atoms with Gasteiger partial charge in [-0.05, 0) is 31.8 Å². The predicted octanol–water partition coefficient (Wildman–Crippen LogP) is 0.269. The molecule has 0 radical (unpaired) electrons. The number of carbonyl (C=O) groups is 2. The van der Waals surface area contributed by atoms with Crippen LogP contribution in [-0.2, 0) is 4.79 Å². The molecule has 0 aromatic carbocycles. The van der Waals surface area contributed by atoms with Gasteiger partial charge in [-0.15, -0.1) is 0 Å². The summed E-state index contributed by atoms with van der Waals surface area (Å²) in [5.74, 6) is 1.14. The van der Waals surface area contributed by atoms with E-state index in [2.05, 4.69) is 10.6 Å². The van der Waals surface area contributed by atoms with Gasteiger partial charge in [0.1, 0.15) is 6.04 Å². The van der Waals surface area contributed by atoms with Crippen LogP contribution in [0.15, 0.2) is 0 Å². The second kappa shape index (κ2) is 5.73. The molecule has 2 aliphatic rings. The Balaban J connectivity index is 1.80. The third-order valence-corrected chi connectivity index (χ3v) is 4.16. The van der Waals surface area contributed by atoms with Crippen molar-refractivity contribution in [2.75, 3.05) is 32.4 Å². The fourth-order valence-electron chi connectivity index (χ4n) is 2.34. The summed E-state index contributed by atoms with van der Waals surface area (Å²) in [5, 5.41) is 5.95. The molecule has 2 N–H and O–H groups in total. The molecule has 0 bridgehead atoms. The molecule has 2 heterocycles. The number of rotatable bonds is 3. The molecular weight excluding hydrogens is 238 g/mol. The molecular formula is C11H19N3O2S. The first kappa shape index (κ1) is 12.7. The van der Waals surface area contributed by atoms with Crippen LogP contribution in [0, 0.1) is 5.92 Å². The van der Waals surface area contributed by atoms with Crippen molar-refractivity contribution in [1.29, 1.82) is 0 Å². The van der Waals surface area contributed by atoms with Gasteiger partial charge in [-0.2, -0.15) is 0 Å². The van der Waals surface area contributed by atoms with Crippen LogP contribution in [-0.4, -0.2) is 54.5 Å². The molecule has 0 aromatic rings. The van der Waals surface area contributed by atoms with Crippen molar-refractivity contribution in [2.45, 2.75) is 18.9 Å². The van der Waals surface area contributed by atoms with E-state index in [0.717, 1.165) is 19.6 Å². The lowest BCUT2D eigenvalue weighted by Gasteiger charge is -2.28. The van der Waals surface area contributed by atoms with Crippen LogP contribution >= 0.6 is 11.8 Å². The molecule has 2 amide bonds. The van der Waals surface area contributed by atoms with E-state index in [0.29, 0.717) is 11.7 Å². The fraction of sp³-hybridized carbons (Fsp3) is 0.818. The van der Waals surface area contributed by atoms with E-state index in [4.69, 9.17) is 0 Å². The zero-order chi connectivity index (χ0) is 12.3. The third kappa shape index (κ3) is 3.35. The first-order valence-corrected chi connectivity index (χ1v) is 7.04. The number of nitrogens with one attached hydrogen (secondary N) is 2. The number of piperidine rings is 1. The molecule has 2 rings (SSSR count). The van der Waals surface area contributed by atoms with Crippen molar-refractivity contribution in [3.8, 4) is 0 Å². The minimum atomic E-state index is -0.325. The van der Waals surface area contributed by atoms with Crippen LogP contribution in [0.3, 0.4) is 0 Å². The zero-order valence-corrected chi connectivity index (χ0v) is 10.9. The maximum atomic E-state index is 12.0. The largest absolute Gasteiger partial charge is 0.344 e. The first-order chi connectivity index (χ1) is 8.16. The van der Waals surface area contributed by atoms with Crippen molar-refractivity contribution in [1.82, 2.24) is 15.5 Å². The van der Waals surface area contributed by atoms with E-state index in [-0.39, 0.29) is 17.2 Å². The van der Waals surface area contributed by atoms with Crippen LogP contribution in [0.4, 0.5) is 4.79 Å². The summed E-state index contributed by atoms with van der Waals surface area (Å²) in [6, 6.07) is -0.325. The summed E-state index contributed by atoms with van der Waals surface area (Å²) in [7, 11) is 1.83. The minimum Gasteiger partial charge on any atom is -0.344 e. The van der Waals surface area contributed by atoms with Gasteiger partial charge in [0.25, 0.3) is 5.24 Å². The number of hydrogen-bond acceptors (Lipinski definition) is 4. The molecule has 0 spiro atoms. The lowest BCUT2D eigenvalue weighted by Crippen LogP contribution is -2.47. The van der Waals surface area contributed by atoms with Crippen LogP contribution in [0.25, 0.3) is 0 Å². The molecule has 0 aromatic heterocycles. The number of likely N-dealkylation sites (N-methyl/N-ethyl adjacent to an activating group) is 1. The van der Waals surface area contributed by atoms with Crippen molar-refractivity contribution in [2.24, 2.45) is 5.92 Å². The molecule has 0 aliphatic carbocycles. The Morgan fingerprint density at radius 2 is 2.41 bits per heavy atom. The van der Waals surface area contributed by atoms with Gasteiger partial charge in [0.15, 0.2) is 0 Å². The van der Waals surface area contributed by atoms with E-state index in [1.807, 2.05) is 7.05 Å². The highest BCUT2D eigenvalue weighted by molar-refractivity contribution is 8.14. The first-order valence-electron chi connectivity index (χ1n) is 6.06. The van der Waals surface area contributed by atoms with Gasteiger partial charge in [0, 0.05) is 19.3 Å². The molecule has 2 fully saturated rings. The normalized spacial score (nSPS) is 28.9. The van der Waals surface area contributed by atoms with Gasteiger partial charge < -0.3 is 15.5 Å². The second-order valence-corrected chi connectivity index (χ2v) is 5.72. The van der Waals surface area contributed by atoms with E-state index in [1.165, 1.54) is 24.6 Å². The highest BCUT2D eigenvalue weighted by atomic mass is 32.2. The standard InChI is InChI=1S/C11H19N3O2S/c1-14(6-8-3-2-4-12-5-8)10(15)9-7-17-11(16)13-9/h8-9,12H,2-7H2,1H3,(H,13,16). The molecule has 2 atom stereocenters. The Hall–Kier alpha value is -0.750. The maximum Gasteiger partial charge on any atom is 0.279 e. The number of amides is 2. The van der Waals surface area contributed by atoms with Gasteiger partial charge in [-0.1, -0.05) is 11.8 Å². The van der Waals surface area contributed by atoms with E-state index in [9.17, 15) is 9.59 Å². The number of nitrogens with zero attached hydrogens (tertiary/aromatic N) is 1. The van der Waals surface area contributed by atoms with Gasteiger partial charge in [-0.3, -0.25) is 9.59 Å². The Morgan fingerprint density at radius 3 is 3.00 bits per heavy atom. The molecule has 0 saturated carbocycles. The summed E-state index contributed by atoms with van der Waals surface area (Å²) in [6.07, 6.45) is 2.36. The van der Waals surface area contributed by atoms with Crippen molar-refractivity contribution >= 4 is 22.9 Å². The average molecular weight is 257 g/mol. The highest BCUT2D eigenvalue weighted by Gasteiger charge is 2.30. The highest BCUT2D eigenvalue weighted by Crippen LogP contribution is 2.16. The number of carbonyl (C=O) groups excluding carboxylic acids is 2. The Kier molecular flexibility index (Phi) is 4.28. The van der Waals surface area contributed by atoms with Crippen LogP contribution < -0.4 is 10.6 Å². The van der Waals surface area contributed by atoms with Gasteiger partial charge in [-0.25, -0.2) is 0 Å². The zero-order valence-electron chi connectivity index (χ0n) is 10.1. The minimum absolute atomic E-state index is 0.0360. The van der Waals surface area contributed by atoms with E-state index < -0.39 is 0 Å². The number of hydrogen-bond donors (Lipinski definition) is 2. The second-order valence-electron chi connectivity index (χ2n) is 4.73. The summed E-state index contributed by atoms with van der Waals surface area (Å²) in [4.78, 5) is 24.8. The van der Waals surface area contributed by atoms with Crippen molar-refractivity contribution < 1.29 is 9.59 Å². The SMILES string of the molecule is CN(CC1CCCNC1)C(=O)C1CSC(=O)N1. The van der Waals surface area contributed by atoms with Gasteiger partial charge in [0.2, 0.25) is 5.91 Å². The summed E-state index contributed by atoms with van der Waals surface area (Å²) >= 11 is 1.19. The third-order valence-electron chi connectivity index (χ3n) is 3.28. The molecule has 6 heteroatoms. The Morgan fingerprint density at radius 1 is 1.59 bits per heavy atom. The van der Waals surface area contributed by atoms with E-state index >= 15 is 0 Å². The summed E-state index contributed by atoms with van der Waals surface area (Å²) < 4.78 is 0. The van der Waals surface area contributed by atoms with Crippen LogP contribution in [0.2, 0.25) is 0 Å². The number of thioether (sulfide) groups is 1. The lowest BCUT2D eigenvalue weighted by molar-refractivity contribution is -0.131. The molecule has 2 unspecified atom stereocenters. The fourth-order valence-corrected chi connectivity index (χ4v) is 3.11. The predicted molar refractivity (Wildman–Crippen MR) is 68.0 cm³/mol. The maximum absolute atomic E-state index is 12.0. The lowest BCUT2D eigenvalue weighted by atomic mass is 9.99. The van der Waals surface area contributed by atoms with Crippen LogP contribution in [0.1, 0.15) is 12.8 Å². The van der Waals surface area contributed by atoms with Crippen molar-refractivity contribution in [3.05, 3.63) is 0 Å². The molecule has 17 heavy (non-hydrogen) atoms. The molecule has 2 aliphatic heterocycles. The smallest absolute Gasteiger partial charge is 0.279 e. The van der Waals surface area contributed by atoms with E-state index in [1.54, 1.807) is 4.90 Å².